The first-order chi connectivity index (χ1) is 13.2. The van der Waals surface area contributed by atoms with Crippen molar-refractivity contribution in [1.82, 2.24) is 14.9 Å². The normalized spacial score (nSPS) is 10.8. The quantitative estimate of drug-likeness (QED) is 0.629. The highest BCUT2D eigenvalue weighted by Crippen LogP contribution is 2.33. The van der Waals surface area contributed by atoms with Gasteiger partial charge < -0.3 is 15.5 Å². The Kier molecular flexibility index (Phi) is 4.92. The highest BCUT2D eigenvalue weighted by molar-refractivity contribution is 5.91. The molecule has 3 rings (SSSR count). The van der Waals surface area contributed by atoms with Crippen LogP contribution in [0.2, 0.25) is 0 Å². The molecule has 3 N–H and O–H groups in total. The van der Waals surface area contributed by atoms with Gasteiger partial charge in [0.05, 0.1) is 5.39 Å². The minimum atomic E-state index is -1.10. The molecular weight excluding hydrogens is 358 g/mol. The average Bonchev–Trinajstić information content (AvgIpc) is 2.64. The van der Waals surface area contributed by atoms with Crippen LogP contribution in [-0.2, 0) is 11.8 Å². The fourth-order valence-corrected chi connectivity index (χ4v) is 3.35. The Labute approximate surface area is 161 Å². The van der Waals surface area contributed by atoms with Gasteiger partial charge in [0.25, 0.3) is 5.56 Å². The SMILES string of the molecule is C=C(NCC(=O)O)c1c(O)c2cc(-c3c(C)cccc3C)cnc2n(C)c1=O. The molecule has 0 aliphatic rings. The second-order valence-corrected chi connectivity index (χ2v) is 6.68. The van der Waals surface area contributed by atoms with Gasteiger partial charge in [-0.05, 0) is 36.6 Å². The molecule has 2 aromatic heterocycles. The summed E-state index contributed by atoms with van der Waals surface area (Å²) in [4.78, 5) is 27.9. The van der Waals surface area contributed by atoms with Crippen LogP contribution in [0.15, 0.2) is 41.8 Å². The summed E-state index contributed by atoms with van der Waals surface area (Å²) in [6.07, 6.45) is 1.67. The van der Waals surface area contributed by atoms with E-state index in [1.807, 2.05) is 32.0 Å². The van der Waals surface area contributed by atoms with Crippen LogP contribution in [0.1, 0.15) is 16.7 Å². The second kappa shape index (κ2) is 7.19. The van der Waals surface area contributed by atoms with Crippen molar-refractivity contribution in [3.8, 4) is 16.9 Å². The first kappa shape index (κ1) is 19.2. The Hall–Kier alpha value is -3.61. The molecule has 0 unspecified atom stereocenters. The van der Waals surface area contributed by atoms with Gasteiger partial charge in [-0.1, -0.05) is 24.8 Å². The molecule has 0 aliphatic heterocycles. The molecule has 0 atom stereocenters. The molecule has 0 saturated heterocycles. The third-order valence-electron chi connectivity index (χ3n) is 4.72. The Morgan fingerprint density at radius 1 is 1.29 bits per heavy atom. The van der Waals surface area contributed by atoms with Gasteiger partial charge in [-0.25, -0.2) is 4.98 Å². The number of fused-ring (bicyclic) bond motifs is 1. The Balaban J connectivity index is 2.25. The molecule has 2 heterocycles. The van der Waals surface area contributed by atoms with Crippen molar-refractivity contribution in [2.75, 3.05) is 6.54 Å². The van der Waals surface area contributed by atoms with Crippen molar-refractivity contribution in [1.29, 1.82) is 0 Å². The maximum atomic E-state index is 12.7. The molecule has 0 fully saturated rings. The number of aliphatic carboxylic acids is 1. The summed E-state index contributed by atoms with van der Waals surface area (Å²) < 4.78 is 1.31. The first-order valence-electron chi connectivity index (χ1n) is 8.65. The van der Waals surface area contributed by atoms with Gasteiger partial charge >= 0.3 is 5.97 Å². The predicted molar refractivity (Wildman–Crippen MR) is 108 cm³/mol. The first-order valence-corrected chi connectivity index (χ1v) is 8.65. The smallest absolute Gasteiger partial charge is 0.322 e. The number of hydrogen-bond acceptors (Lipinski definition) is 5. The minimum Gasteiger partial charge on any atom is -0.506 e. The molecule has 7 nitrogen and oxygen atoms in total. The van der Waals surface area contributed by atoms with Crippen molar-refractivity contribution in [2.45, 2.75) is 13.8 Å². The van der Waals surface area contributed by atoms with E-state index >= 15 is 0 Å². The summed E-state index contributed by atoms with van der Waals surface area (Å²) in [6.45, 7) is 7.28. The zero-order valence-corrected chi connectivity index (χ0v) is 15.9. The summed E-state index contributed by atoms with van der Waals surface area (Å²) in [7, 11) is 1.55. The number of aryl methyl sites for hydroxylation is 3. The van der Waals surface area contributed by atoms with Crippen LogP contribution < -0.4 is 10.9 Å². The van der Waals surface area contributed by atoms with Crippen LogP contribution >= 0.6 is 0 Å². The molecule has 0 amide bonds. The van der Waals surface area contributed by atoms with Crippen LogP contribution in [0.25, 0.3) is 27.9 Å². The number of pyridine rings is 2. The molecule has 7 heteroatoms. The number of carboxylic acids is 1. The maximum absolute atomic E-state index is 12.7. The number of nitrogens with zero attached hydrogens (tertiary/aromatic N) is 2. The van der Waals surface area contributed by atoms with E-state index in [0.717, 1.165) is 22.3 Å². The third-order valence-corrected chi connectivity index (χ3v) is 4.72. The zero-order chi connectivity index (χ0) is 20.6. The lowest BCUT2D eigenvalue weighted by Gasteiger charge is -2.15. The number of carbonyl (C=O) groups is 1. The van der Waals surface area contributed by atoms with E-state index in [0.29, 0.717) is 11.0 Å². The van der Waals surface area contributed by atoms with E-state index in [4.69, 9.17) is 5.11 Å². The lowest BCUT2D eigenvalue weighted by molar-refractivity contribution is -0.135. The molecule has 1 aromatic carbocycles. The lowest BCUT2D eigenvalue weighted by Crippen LogP contribution is -2.27. The third kappa shape index (κ3) is 3.22. The van der Waals surface area contributed by atoms with E-state index in [2.05, 4.69) is 16.9 Å². The molecule has 144 valence electrons. The molecular formula is C21H21N3O4. The predicted octanol–water partition coefficient (Wildman–Crippen LogP) is 2.57. The van der Waals surface area contributed by atoms with E-state index in [-0.39, 0.29) is 17.0 Å². The van der Waals surface area contributed by atoms with E-state index in [1.54, 1.807) is 19.3 Å². The standard InChI is InChI=1S/C21H21N3O4/c1-11-6-5-7-12(2)17(11)14-8-15-19(27)18(13(3)22-10-16(25)26)21(28)24(4)20(15)23-9-14/h5-9,22,27H,3,10H2,1-2,4H3,(H,25,26). The van der Waals surface area contributed by atoms with Gasteiger partial charge in [0, 0.05) is 24.5 Å². The Morgan fingerprint density at radius 3 is 2.54 bits per heavy atom. The summed E-state index contributed by atoms with van der Waals surface area (Å²) in [5, 5.41) is 22.6. The molecule has 28 heavy (non-hydrogen) atoms. The van der Waals surface area contributed by atoms with Crippen molar-refractivity contribution in [3.05, 3.63) is 64.1 Å². The number of rotatable bonds is 5. The van der Waals surface area contributed by atoms with Crippen LogP contribution in [-0.4, -0.2) is 32.3 Å². The van der Waals surface area contributed by atoms with Crippen LogP contribution in [0.4, 0.5) is 0 Å². The second-order valence-electron chi connectivity index (χ2n) is 6.68. The van der Waals surface area contributed by atoms with Crippen molar-refractivity contribution in [3.63, 3.8) is 0 Å². The highest BCUT2D eigenvalue weighted by Gasteiger charge is 2.19. The van der Waals surface area contributed by atoms with Gasteiger partial charge in [-0.2, -0.15) is 0 Å². The number of carboxylic acid groups (broad SMARTS) is 1. The van der Waals surface area contributed by atoms with E-state index in [1.165, 1.54) is 4.57 Å². The number of aromatic nitrogens is 2. The Bertz CT molecular complexity index is 1160. The van der Waals surface area contributed by atoms with Crippen molar-refractivity contribution >= 4 is 22.7 Å². The lowest BCUT2D eigenvalue weighted by atomic mass is 9.96. The molecule has 0 spiro atoms. The monoisotopic (exact) mass is 379 g/mol. The number of aromatic hydroxyl groups is 1. The summed E-state index contributed by atoms with van der Waals surface area (Å²) in [6, 6.07) is 7.74. The van der Waals surface area contributed by atoms with Gasteiger partial charge in [-0.3, -0.25) is 14.2 Å². The molecule has 0 radical (unpaired) electrons. The molecule has 3 aromatic rings. The van der Waals surface area contributed by atoms with Gasteiger partial charge in [0.15, 0.2) is 0 Å². The van der Waals surface area contributed by atoms with Crippen LogP contribution in [0, 0.1) is 13.8 Å². The molecule has 0 bridgehead atoms. The average molecular weight is 379 g/mol. The summed E-state index contributed by atoms with van der Waals surface area (Å²) >= 11 is 0. The van der Waals surface area contributed by atoms with Crippen LogP contribution in [0.5, 0.6) is 5.75 Å². The summed E-state index contributed by atoms with van der Waals surface area (Å²) in [5.41, 5.74) is 3.74. The fourth-order valence-electron chi connectivity index (χ4n) is 3.35. The van der Waals surface area contributed by atoms with Crippen molar-refractivity contribution in [2.24, 2.45) is 7.05 Å². The van der Waals surface area contributed by atoms with Gasteiger partial charge in [0.1, 0.15) is 23.5 Å². The molecule has 0 aliphatic carbocycles. The Morgan fingerprint density at radius 2 is 1.93 bits per heavy atom. The fraction of sp³-hybridized carbons (Fsp3) is 0.190. The van der Waals surface area contributed by atoms with Crippen molar-refractivity contribution < 1.29 is 15.0 Å². The maximum Gasteiger partial charge on any atom is 0.322 e. The largest absolute Gasteiger partial charge is 0.506 e. The minimum absolute atomic E-state index is 0.0416. The zero-order valence-electron chi connectivity index (χ0n) is 15.9. The van der Waals surface area contributed by atoms with E-state index in [9.17, 15) is 14.7 Å². The van der Waals surface area contributed by atoms with E-state index < -0.39 is 18.1 Å². The highest BCUT2D eigenvalue weighted by atomic mass is 16.4. The summed E-state index contributed by atoms with van der Waals surface area (Å²) in [5.74, 6) is -1.38. The number of hydrogen-bond donors (Lipinski definition) is 3. The van der Waals surface area contributed by atoms with Gasteiger partial charge in [-0.15, -0.1) is 0 Å². The number of nitrogens with one attached hydrogen (secondary N) is 1. The molecule has 0 saturated carbocycles. The van der Waals surface area contributed by atoms with Gasteiger partial charge in [0.2, 0.25) is 0 Å². The van der Waals surface area contributed by atoms with Crippen LogP contribution in [0.3, 0.4) is 0 Å². The number of benzene rings is 1. The topological polar surface area (TPSA) is 104 Å².